The average molecular weight is 367 g/mol. The second kappa shape index (κ2) is 7.45. The molecule has 1 aliphatic rings. The van der Waals surface area contributed by atoms with E-state index in [9.17, 15) is 22.4 Å². The van der Waals surface area contributed by atoms with Gasteiger partial charge in [0.15, 0.2) is 0 Å². The zero-order valence-electron chi connectivity index (χ0n) is 13.8. The quantitative estimate of drug-likeness (QED) is 0.768. The van der Waals surface area contributed by atoms with E-state index in [2.05, 4.69) is 0 Å². The van der Waals surface area contributed by atoms with Crippen LogP contribution in [0.5, 0.6) is 0 Å². The fourth-order valence-corrected chi connectivity index (χ4v) is 2.85. The van der Waals surface area contributed by atoms with Crippen molar-refractivity contribution in [2.24, 2.45) is 0 Å². The van der Waals surface area contributed by atoms with Gasteiger partial charge < -0.3 is 9.64 Å². The average Bonchev–Trinajstić information content (AvgIpc) is 2.63. The van der Waals surface area contributed by atoms with Gasteiger partial charge in [0.2, 0.25) is 5.91 Å². The van der Waals surface area contributed by atoms with E-state index < -0.39 is 17.8 Å². The molecule has 0 N–H and O–H groups in total. The van der Waals surface area contributed by atoms with Gasteiger partial charge in [-0.2, -0.15) is 13.2 Å². The molecule has 3 rings (SSSR count). The number of alkyl halides is 3. The Morgan fingerprint density at radius 3 is 2.35 bits per heavy atom. The number of hydrogen-bond donors (Lipinski definition) is 0. The van der Waals surface area contributed by atoms with Crippen LogP contribution in [0.15, 0.2) is 48.5 Å². The third-order valence-electron chi connectivity index (χ3n) is 4.30. The molecule has 2 aromatic rings. The molecule has 0 unspecified atom stereocenters. The molecule has 2 aromatic carbocycles. The smallest absolute Gasteiger partial charge is 0.370 e. The molecular formula is C19H17F4NO2. The number of carbonyl (C=O) groups is 1. The Labute approximate surface area is 148 Å². The van der Waals surface area contributed by atoms with Crippen LogP contribution in [0.4, 0.5) is 17.6 Å². The topological polar surface area (TPSA) is 29.5 Å². The van der Waals surface area contributed by atoms with Crippen molar-refractivity contribution in [3.63, 3.8) is 0 Å². The molecule has 0 bridgehead atoms. The van der Waals surface area contributed by atoms with Crippen molar-refractivity contribution in [3.8, 4) is 0 Å². The summed E-state index contributed by atoms with van der Waals surface area (Å²) in [4.78, 5) is 14.1. The molecule has 1 amide bonds. The molecule has 138 valence electrons. The second-order valence-corrected chi connectivity index (χ2v) is 6.12. The second-order valence-electron chi connectivity index (χ2n) is 6.12. The first kappa shape index (κ1) is 18.4. The summed E-state index contributed by atoms with van der Waals surface area (Å²) in [6.07, 6.45) is -4.72. The molecule has 0 aromatic heterocycles. The van der Waals surface area contributed by atoms with Gasteiger partial charge in [0.05, 0.1) is 25.1 Å². The predicted octanol–water partition coefficient (Wildman–Crippen LogP) is 3.99. The number of rotatable bonds is 3. The normalized spacial score (nSPS) is 18.0. The first-order valence-electron chi connectivity index (χ1n) is 8.14. The number of nitrogens with zero attached hydrogens (tertiary/aromatic N) is 1. The van der Waals surface area contributed by atoms with E-state index in [1.54, 1.807) is 17.0 Å². The van der Waals surface area contributed by atoms with Gasteiger partial charge in [-0.3, -0.25) is 4.79 Å². The van der Waals surface area contributed by atoms with Crippen LogP contribution in [-0.4, -0.2) is 30.5 Å². The van der Waals surface area contributed by atoms with Crippen molar-refractivity contribution in [2.45, 2.75) is 18.7 Å². The Kier molecular flexibility index (Phi) is 5.27. The van der Waals surface area contributed by atoms with E-state index >= 15 is 0 Å². The summed E-state index contributed by atoms with van der Waals surface area (Å²) >= 11 is 0. The van der Waals surface area contributed by atoms with Gasteiger partial charge in [0, 0.05) is 6.54 Å². The Morgan fingerprint density at radius 2 is 1.73 bits per heavy atom. The van der Waals surface area contributed by atoms with Crippen molar-refractivity contribution in [1.29, 1.82) is 0 Å². The molecule has 0 saturated carbocycles. The fraction of sp³-hybridized carbons (Fsp3) is 0.316. The molecule has 0 spiro atoms. The van der Waals surface area contributed by atoms with Crippen LogP contribution in [0.2, 0.25) is 0 Å². The van der Waals surface area contributed by atoms with E-state index in [4.69, 9.17) is 4.74 Å². The van der Waals surface area contributed by atoms with Crippen molar-refractivity contribution in [2.75, 3.05) is 19.7 Å². The standard InChI is InChI=1S/C19H17F4NO2/c20-16-7-1-13(2-8-16)11-18(25)24-9-10-26-17(12-24)14-3-5-15(6-4-14)19(21,22)23/h1-8,17H,9-12H2/t17-/m0/s1. The highest BCUT2D eigenvalue weighted by Gasteiger charge is 2.31. The van der Waals surface area contributed by atoms with E-state index in [1.165, 1.54) is 24.3 Å². The molecule has 1 saturated heterocycles. The van der Waals surface area contributed by atoms with Crippen molar-refractivity contribution in [3.05, 3.63) is 71.0 Å². The van der Waals surface area contributed by atoms with E-state index in [0.717, 1.165) is 12.1 Å². The van der Waals surface area contributed by atoms with Crippen molar-refractivity contribution >= 4 is 5.91 Å². The molecule has 1 heterocycles. The highest BCUT2D eigenvalue weighted by atomic mass is 19.4. The fourth-order valence-electron chi connectivity index (χ4n) is 2.85. The van der Waals surface area contributed by atoms with Gasteiger partial charge in [-0.25, -0.2) is 4.39 Å². The monoisotopic (exact) mass is 367 g/mol. The molecule has 7 heteroatoms. The van der Waals surface area contributed by atoms with Crippen LogP contribution in [-0.2, 0) is 22.1 Å². The third kappa shape index (κ3) is 4.40. The van der Waals surface area contributed by atoms with Gasteiger partial charge in [-0.15, -0.1) is 0 Å². The number of carbonyl (C=O) groups excluding carboxylic acids is 1. The van der Waals surface area contributed by atoms with Crippen LogP contribution >= 0.6 is 0 Å². The summed E-state index contributed by atoms with van der Waals surface area (Å²) in [5.74, 6) is -0.494. The van der Waals surface area contributed by atoms with E-state index in [0.29, 0.717) is 24.3 Å². The predicted molar refractivity (Wildman–Crippen MR) is 86.8 cm³/mol. The lowest BCUT2D eigenvalue weighted by Gasteiger charge is -2.33. The Bertz CT molecular complexity index is 757. The van der Waals surface area contributed by atoms with E-state index in [-0.39, 0.29) is 24.7 Å². The first-order valence-corrected chi connectivity index (χ1v) is 8.14. The molecule has 1 atom stereocenters. The molecule has 3 nitrogen and oxygen atoms in total. The highest BCUT2D eigenvalue weighted by molar-refractivity contribution is 5.78. The lowest BCUT2D eigenvalue weighted by Crippen LogP contribution is -2.43. The minimum Gasteiger partial charge on any atom is -0.370 e. The molecule has 1 fully saturated rings. The summed E-state index contributed by atoms with van der Waals surface area (Å²) in [6, 6.07) is 10.5. The zero-order valence-corrected chi connectivity index (χ0v) is 13.8. The van der Waals surface area contributed by atoms with Gasteiger partial charge in [0.25, 0.3) is 0 Å². The van der Waals surface area contributed by atoms with Crippen LogP contribution in [0.25, 0.3) is 0 Å². The number of hydrogen-bond acceptors (Lipinski definition) is 2. The van der Waals surface area contributed by atoms with Gasteiger partial charge >= 0.3 is 6.18 Å². The Morgan fingerprint density at radius 1 is 1.08 bits per heavy atom. The molecule has 26 heavy (non-hydrogen) atoms. The van der Waals surface area contributed by atoms with Crippen LogP contribution in [0.3, 0.4) is 0 Å². The third-order valence-corrected chi connectivity index (χ3v) is 4.30. The lowest BCUT2D eigenvalue weighted by molar-refractivity contribution is -0.138. The Balaban J connectivity index is 1.65. The van der Waals surface area contributed by atoms with Crippen molar-refractivity contribution < 1.29 is 27.1 Å². The zero-order chi connectivity index (χ0) is 18.7. The first-order chi connectivity index (χ1) is 12.3. The summed E-state index contributed by atoms with van der Waals surface area (Å²) < 4.78 is 56.5. The maximum atomic E-state index is 12.9. The summed E-state index contributed by atoms with van der Waals surface area (Å²) in [5.41, 5.74) is 0.576. The summed E-state index contributed by atoms with van der Waals surface area (Å²) in [6.45, 7) is 0.989. The van der Waals surface area contributed by atoms with Gasteiger partial charge in [-0.1, -0.05) is 24.3 Å². The molecule has 0 aliphatic carbocycles. The number of morpholine rings is 1. The largest absolute Gasteiger partial charge is 0.416 e. The summed E-state index contributed by atoms with van der Waals surface area (Å²) in [5, 5.41) is 0. The minimum atomic E-state index is -4.39. The van der Waals surface area contributed by atoms with Gasteiger partial charge in [-0.05, 0) is 35.4 Å². The maximum absolute atomic E-state index is 12.9. The Hall–Kier alpha value is -2.41. The number of benzene rings is 2. The SMILES string of the molecule is O=C(Cc1ccc(F)cc1)N1CCO[C@H](c2ccc(C(F)(F)F)cc2)C1. The molecular weight excluding hydrogens is 350 g/mol. The van der Waals surface area contributed by atoms with Gasteiger partial charge in [0.1, 0.15) is 11.9 Å². The number of amides is 1. The van der Waals surface area contributed by atoms with Crippen LogP contribution in [0, 0.1) is 5.82 Å². The lowest BCUT2D eigenvalue weighted by atomic mass is 10.0. The highest BCUT2D eigenvalue weighted by Crippen LogP contribution is 2.31. The molecule has 0 radical (unpaired) electrons. The number of ether oxygens (including phenoxy) is 1. The van der Waals surface area contributed by atoms with Crippen LogP contribution in [0.1, 0.15) is 22.8 Å². The molecule has 1 aliphatic heterocycles. The minimum absolute atomic E-state index is 0.128. The maximum Gasteiger partial charge on any atom is 0.416 e. The van der Waals surface area contributed by atoms with Crippen LogP contribution < -0.4 is 0 Å². The number of halogens is 4. The summed E-state index contributed by atoms with van der Waals surface area (Å²) in [7, 11) is 0. The van der Waals surface area contributed by atoms with E-state index in [1.807, 2.05) is 0 Å². The van der Waals surface area contributed by atoms with Crippen molar-refractivity contribution in [1.82, 2.24) is 4.90 Å².